The van der Waals surface area contributed by atoms with Crippen molar-refractivity contribution in [2.75, 3.05) is 6.54 Å². The van der Waals surface area contributed by atoms with Gasteiger partial charge < -0.3 is 10.1 Å². The van der Waals surface area contributed by atoms with Crippen LogP contribution in [0.2, 0.25) is 0 Å². The van der Waals surface area contributed by atoms with Gasteiger partial charge in [-0.1, -0.05) is 6.07 Å². The van der Waals surface area contributed by atoms with Crippen molar-refractivity contribution < 1.29 is 9.53 Å². The average molecular weight is 220 g/mol. The number of hydrogen-bond donors (Lipinski definition) is 1. The summed E-state index contributed by atoms with van der Waals surface area (Å²) in [5, 5.41) is 3.32. The Kier molecular flexibility index (Phi) is 3.51. The third-order valence-electron chi connectivity index (χ3n) is 2.83. The number of pyridine rings is 1. The molecule has 2 unspecified atom stereocenters. The van der Waals surface area contributed by atoms with Crippen molar-refractivity contribution in [1.29, 1.82) is 0 Å². The lowest BCUT2D eigenvalue weighted by Gasteiger charge is -2.19. The number of carbonyl (C=O) groups excluding carboxylic acids is 1. The molecule has 16 heavy (non-hydrogen) atoms. The molecule has 1 fully saturated rings. The molecule has 4 nitrogen and oxygen atoms in total. The van der Waals surface area contributed by atoms with Gasteiger partial charge in [0.05, 0.1) is 0 Å². The van der Waals surface area contributed by atoms with Gasteiger partial charge in [0, 0.05) is 12.2 Å². The summed E-state index contributed by atoms with van der Waals surface area (Å²) in [6.45, 7) is 2.93. The first-order valence-electron chi connectivity index (χ1n) is 5.63. The molecule has 0 aliphatic carbocycles. The fourth-order valence-corrected chi connectivity index (χ4v) is 1.91. The molecule has 1 aromatic heterocycles. The van der Waals surface area contributed by atoms with Crippen LogP contribution in [0.25, 0.3) is 0 Å². The maximum Gasteiger partial charge on any atom is 0.357 e. The fourth-order valence-electron chi connectivity index (χ4n) is 1.91. The lowest BCUT2D eigenvalue weighted by molar-refractivity contribution is 0.0262. The molecular weight excluding hydrogens is 204 g/mol. The summed E-state index contributed by atoms with van der Waals surface area (Å²) in [7, 11) is 0. The first-order chi connectivity index (χ1) is 7.77. The first kappa shape index (κ1) is 11.1. The second-order valence-electron chi connectivity index (χ2n) is 4.03. The molecule has 0 spiro atoms. The van der Waals surface area contributed by atoms with Crippen molar-refractivity contribution >= 4 is 5.97 Å². The van der Waals surface area contributed by atoms with E-state index in [1.165, 1.54) is 0 Å². The standard InChI is InChI=1S/C12H16N2O2/c1-9(10-6-4-8-13-10)16-12(15)11-5-2-3-7-14-11/h2-3,5,7,9-10,13H,4,6,8H2,1H3. The molecule has 1 aromatic rings. The maximum atomic E-state index is 11.7. The Bertz CT molecular complexity index is 347. The topological polar surface area (TPSA) is 51.2 Å². The normalized spacial score (nSPS) is 21.7. The minimum Gasteiger partial charge on any atom is -0.456 e. The van der Waals surface area contributed by atoms with Crippen LogP contribution >= 0.6 is 0 Å². The highest BCUT2D eigenvalue weighted by atomic mass is 16.5. The van der Waals surface area contributed by atoms with Crippen LogP contribution in [-0.2, 0) is 4.74 Å². The molecule has 2 atom stereocenters. The van der Waals surface area contributed by atoms with E-state index in [1.54, 1.807) is 24.4 Å². The Morgan fingerprint density at radius 2 is 2.50 bits per heavy atom. The monoisotopic (exact) mass is 220 g/mol. The van der Waals surface area contributed by atoms with E-state index in [1.807, 2.05) is 6.92 Å². The Balaban J connectivity index is 1.92. The molecule has 2 rings (SSSR count). The van der Waals surface area contributed by atoms with E-state index >= 15 is 0 Å². The minimum absolute atomic E-state index is 0.1000. The molecule has 0 amide bonds. The van der Waals surface area contributed by atoms with Gasteiger partial charge in [-0.25, -0.2) is 9.78 Å². The van der Waals surface area contributed by atoms with E-state index in [9.17, 15) is 4.79 Å². The Hall–Kier alpha value is -1.42. The highest BCUT2D eigenvalue weighted by molar-refractivity contribution is 5.87. The Morgan fingerprint density at radius 3 is 3.12 bits per heavy atom. The summed E-state index contributed by atoms with van der Waals surface area (Å²) in [4.78, 5) is 15.7. The quantitative estimate of drug-likeness (QED) is 0.782. The van der Waals surface area contributed by atoms with Crippen molar-refractivity contribution in [2.24, 2.45) is 0 Å². The van der Waals surface area contributed by atoms with Crippen molar-refractivity contribution in [3.05, 3.63) is 30.1 Å². The molecule has 0 aromatic carbocycles. The van der Waals surface area contributed by atoms with Crippen molar-refractivity contribution in [1.82, 2.24) is 10.3 Å². The molecule has 1 N–H and O–H groups in total. The van der Waals surface area contributed by atoms with Gasteiger partial charge in [-0.05, 0) is 38.4 Å². The summed E-state index contributed by atoms with van der Waals surface area (Å²) in [5.41, 5.74) is 0.368. The SMILES string of the molecule is CC(OC(=O)c1ccccn1)C1CCCN1. The third-order valence-corrected chi connectivity index (χ3v) is 2.83. The van der Waals surface area contributed by atoms with Gasteiger partial charge in [0.1, 0.15) is 11.8 Å². The molecule has 86 valence electrons. The zero-order valence-electron chi connectivity index (χ0n) is 9.35. The molecule has 4 heteroatoms. The zero-order chi connectivity index (χ0) is 11.4. The summed E-state index contributed by atoms with van der Waals surface area (Å²) in [6.07, 6.45) is 3.71. The number of ether oxygens (including phenoxy) is 1. The van der Waals surface area contributed by atoms with Crippen molar-refractivity contribution in [2.45, 2.75) is 31.9 Å². The minimum atomic E-state index is -0.346. The number of nitrogens with zero attached hydrogens (tertiary/aromatic N) is 1. The van der Waals surface area contributed by atoms with Gasteiger partial charge in [-0.15, -0.1) is 0 Å². The van der Waals surface area contributed by atoms with Crippen LogP contribution in [-0.4, -0.2) is 29.6 Å². The van der Waals surface area contributed by atoms with Gasteiger partial charge in [0.25, 0.3) is 0 Å². The Labute approximate surface area is 95.0 Å². The van der Waals surface area contributed by atoms with Crippen LogP contribution < -0.4 is 5.32 Å². The summed E-state index contributed by atoms with van der Waals surface area (Å²) in [5.74, 6) is -0.346. The van der Waals surface area contributed by atoms with Gasteiger partial charge in [0.15, 0.2) is 0 Å². The van der Waals surface area contributed by atoms with Crippen molar-refractivity contribution in [3.63, 3.8) is 0 Å². The number of esters is 1. The zero-order valence-corrected chi connectivity index (χ0v) is 9.35. The largest absolute Gasteiger partial charge is 0.456 e. The molecular formula is C12H16N2O2. The van der Waals surface area contributed by atoms with Crippen LogP contribution in [0.1, 0.15) is 30.3 Å². The van der Waals surface area contributed by atoms with E-state index < -0.39 is 0 Å². The molecule has 0 saturated carbocycles. The summed E-state index contributed by atoms with van der Waals surface area (Å²) >= 11 is 0. The van der Waals surface area contributed by atoms with Crippen molar-refractivity contribution in [3.8, 4) is 0 Å². The molecule has 2 heterocycles. The predicted octanol–water partition coefficient (Wildman–Crippen LogP) is 1.38. The smallest absolute Gasteiger partial charge is 0.357 e. The first-order valence-corrected chi connectivity index (χ1v) is 5.63. The molecule has 0 radical (unpaired) electrons. The lowest BCUT2D eigenvalue weighted by Crippen LogP contribution is -2.36. The second kappa shape index (κ2) is 5.07. The molecule has 1 aliphatic heterocycles. The van der Waals surface area contributed by atoms with E-state index in [0.717, 1.165) is 19.4 Å². The molecule has 1 saturated heterocycles. The fraction of sp³-hybridized carbons (Fsp3) is 0.500. The van der Waals surface area contributed by atoms with Crippen LogP contribution in [0.4, 0.5) is 0 Å². The number of nitrogens with one attached hydrogen (secondary N) is 1. The van der Waals surface area contributed by atoms with Crippen LogP contribution in [0.5, 0.6) is 0 Å². The predicted molar refractivity (Wildman–Crippen MR) is 60.1 cm³/mol. The number of hydrogen-bond acceptors (Lipinski definition) is 4. The van der Waals surface area contributed by atoms with Crippen LogP contribution in [0.3, 0.4) is 0 Å². The van der Waals surface area contributed by atoms with Gasteiger partial charge in [0.2, 0.25) is 0 Å². The third kappa shape index (κ3) is 2.58. The average Bonchev–Trinajstić information content (AvgIpc) is 2.83. The highest BCUT2D eigenvalue weighted by Gasteiger charge is 2.24. The van der Waals surface area contributed by atoms with E-state index in [2.05, 4.69) is 10.3 Å². The van der Waals surface area contributed by atoms with Gasteiger partial charge in [-0.3, -0.25) is 0 Å². The number of aromatic nitrogens is 1. The number of rotatable bonds is 3. The lowest BCUT2D eigenvalue weighted by atomic mass is 10.1. The molecule has 1 aliphatic rings. The van der Waals surface area contributed by atoms with Gasteiger partial charge >= 0.3 is 5.97 Å². The highest BCUT2D eigenvalue weighted by Crippen LogP contribution is 2.13. The molecule has 0 bridgehead atoms. The summed E-state index contributed by atoms with van der Waals surface area (Å²) in [6, 6.07) is 5.51. The maximum absolute atomic E-state index is 11.7. The van der Waals surface area contributed by atoms with E-state index in [-0.39, 0.29) is 18.1 Å². The number of carbonyl (C=O) groups is 1. The van der Waals surface area contributed by atoms with E-state index in [0.29, 0.717) is 5.69 Å². The van der Waals surface area contributed by atoms with Crippen LogP contribution in [0.15, 0.2) is 24.4 Å². The summed E-state index contributed by atoms with van der Waals surface area (Å²) < 4.78 is 5.36. The second-order valence-corrected chi connectivity index (χ2v) is 4.03. The van der Waals surface area contributed by atoms with Crippen LogP contribution in [0, 0.1) is 0 Å². The van der Waals surface area contributed by atoms with E-state index in [4.69, 9.17) is 4.74 Å². The van der Waals surface area contributed by atoms with Gasteiger partial charge in [-0.2, -0.15) is 0 Å². The Morgan fingerprint density at radius 1 is 1.62 bits per heavy atom.